The third-order valence-corrected chi connectivity index (χ3v) is 4.65. The molecule has 19 heavy (non-hydrogen) atoms. The quantitative estimate of drug-likeness (QED) is 0.879. The first-order valence-corrected chi connectivity index (χ1v) is 7.56. The molecule has 1 amide bonds. The van der Waals surface area contributed by atoms with Gasteiger partial charge >= 0.3 is 0 Å². The number of carbonyl (C=O) groups is 1. The van der Waals surface area contributed by atoms with E-state index in [0.29, 0.717) is 33.8 Å². The van der Waals surface area contributed by atoms with E-state index < -0.39 is 0 Å². The van der Waals surface area contributed by atoms with E-state index in [-0.39, 0.29) is 5.91 Å². The van der Waals surface area contributed by atoms with Crippen LogP contribution in [-0.4, -0.2) is 17.4 Å². The summed E-state index contributed by atoms with van der Waals surface area (Å²) >= 11 is 10.7. The first-order valence-electron chi connectivity index (χ1n) is 5.51. The SMILES string of the molecule is NCCc1nc(C(=O)Nc2cccc(Cl)c2Br)cs1. The maximum Gasteiger partial charge on any atom is 0.275 e. The molecule has 100 valence electrons. The van der Waals surface area contributed by atoms with Crippen LogP contribution in [0.1, 0.15) is 15.5 Å². The van der Waals surface area contributed by atoms with Crippen LogP contribution in [0.4, 0.5) is 5.69 Å². The van der Waals surface area contributed by atoms with Crippen molar-refractivity contribution in [3.05, 3.63) is 43.8 Å². The molecular formula is C12H11BrClN3OS. The summed E-state index contributed by atoms with van der Waals surface area (Å²) in [5.41, 5.74) is 6.46. The van der Waals surface area contributed by atoms with Gasteiger partial charge in [-0.15, -0.1) is 11.3 Å². The van der Waals surface area contributed by atoms with Crippen LogP contribution in [0.25, 0.3) is 0 Å². The van der Waals surface area contributed by atoms with Crippen molar-refractivity contribution in [1.82, 2.24) is 4.98 Å². The number of halogens is 2. The molecule has 0 atom stereocenters. The van der Waals surface area contributed by atoms with Gasteiger partial charge in [0.25, 0.3) is 5.91 Å². The average Bonchev–Trinajstić information content (AvgIpc) is 2.84. The smallest absolute Gasteiger partial charge is 0.275 e. The molecule has 0 unspecified atom stereocenters. The highest BCUT2D eigenvalue weighted by atomic mass is 79.9. The largest absolute Gasteiger partial charge is 0.330 e. The van der Waals surface area contributed by atoms with E-state index in [1.165, 1.54) is 11.3 Å². The molecule has 0 aliphatic heterocycles. The second-order valence-corrected chi connectivity index (χ2v) is 5.86. The minimum atomic E-state index is -0.262. The Morgan fingerprint density at radius 1 is 1.53 bits per heavy atom. The van der Waals surface area contributed by atoms with Crippen molar-refractivity contribution < 1.29 is 4.79 Å². The fourth-order valence-electron chi connectivity index (χ4n) is 1.44. The Morgan fingerprint density at radius 3 is 3.05 bits per heavy atom. The minimum absolute atomic E-state index is 0.262. The number of aromatic nitrogens is 1. The van der Waals surface area contributed by atoms with Crippen LogP contribution in [0.3, 0.4) is 0 Å². The summed E-state index contributed by atoms with van der Waals surface area (Å²) in [5.74, 6) is -0.262. The zero-order valence-electron chi connectivity index (χ0n) is 9.82. The summed E-state index contributed by atoms with van der Waals surface area (Å²) in [7, 11) is 0. The summed E-state index contributed by atoms with van der Waals surface area (Å²) in [5, 5.41) is 5.89. The van der Waals surface area contributed by atoms with Crippen molar-refractivity contribution in [3.63, 3.8) is 0 Å². The lowest BCUT2D eigenvalue weighted by Crippen LogP contribution is -2.13. The molecule has 2 rings (SSSR count). The number of carbonyl (C=O) groups excluding carboxylic acids is 1. The molecule has 2 aromatic rings. The van der Waals surface area contributed by atoms with Crippen LogP contribution < -0.4 is 11.1 Å². The zero-order valence-corrected chi connectivity index (χ0v) is 13.0. The number of hydrogen-bond donors (Lipinski definition) is 2. The lowest BCUT2D eigenvalue weighted by atomic mass is 10.3. The van der Waals surface area contributed by atoms with E-state index in [1.54, 1.807) is 23.6 Å². The molecule has 1 heterocycles. The van der Waals surface area contributed by atoms with Crippen LogP contribution in [0.5, 0.6) is 0 Å². The van der Waals surface area contributed by atoms with Gasteiger partial charge in [-0.25, -0.2) is 4.98 Å². The number of nitrogens with two attached hydrogens (primary N) is 1. The number of hydrogen-bond acceptors (Lipinski definition) is 4. The van der Waals surface area contributed by atoms with Crippen LogP contribution in [0.2, 0.25) is 5.02 Å². The molecule has 0 spiro atoms. The molecule has 4 nitrogen and oxygen atoms in total. The number of anilines is 1. The highest BCUT2D eigenvalue weighted by Gasteiger charge is 2.13. The Balaban J connectivity index is 2.14. The van der Waals surface area contributed by atoms with Gasteiger partial charge in [0.2, 0.25) is 0 Å². The summed E-state index contributed by atoms with van der Waals surface area (Å²) in [6.07, 6.45) is 0.679. The van der Waals surface area contributed by atoms with E-state index >= 15 is 0 Å². The predicted octanol–water partition coefficient (Wildman–Crippen LogP) is 3.31. The third kappa shape index (κ3) is 3.54. The zero-order chi connectivity index (χ0) is 13.8. The molecule has 0 radical (unpaired) electrons. The van der Waals surface area contributed by atoms with E-state index in [2.05, 4.69) is 26.2 Å². The van der Waals surface area contributed by atoms with Crippen molar-refractivity contribution in [2.75, 3.05) is 11.9 Å². The second-order valence-electron chi connectivity index (χ2n) is 3.72. The Hall–Kier alpha value is -0.950. The Kier molecular flexibility index (Phi) is 4.93. The summed E-state index contributed by atoms with van der Waals surface area (Å²) in [6, 6.07) is 5.27. The monoisotopic (exact) mass is 359 g/mol. The number of benzene rings is 1. The van der Waals surface area contributed by atoms with Gasteiger partial charge < -0.3 is 11.1 Å². The average molecular weight is 361 g/mol. The van der Waals surface area contributed by atoms with Gasteiger partial charge in [-0.2, -0.15) is 0 Å². The predicted molar refractivity (Wildman–Crippen MR) is 82.0 cm³/mol. The molecule has 1 aromatic heterocycles. The van der Waals surface area contributed by atoms with Gasteiger partial charge in [0.15, 0.2) is 0 Å². The maximum absolute atomic E-state index is 12.0. The van der Waals surface area contributed by atoms with Crippen molar-refractivity contribution >= 4 is 50.5 Å². The number of nitrogens with one attached hydrogen (secondary N) is 1. The lowest BCUT2D eigenvalue weighted by Gasteiger charge is -2.06. The fourth-order valence-corrected chi connectivity index (χ4v) is 2.77. The van der Waals surface area contributed by atoms with E-state index in [1.807, 2.05) is 0 Å². The standard InChI is InChI=1S/C12H11BrClN3OS/c13-11-7(14)2-1-3-8(11)17-12(18)9-6-19-10(16-9)4-5-15/h1-3,6H,4-5,15H2,(H,17,18). The molecule has 0 saturated heterocycles. The molecule has 0 fully saturated rings. The Labute approximate surface area is 128 Å². The van der Waals surface area contributed by atoms with Gasteiger partial charge in [0.1, 0.15) is 5.69 Å². The first-order chi connectivity index (χ1) is 9.11. The molecule has 3 N–H and O–H groups in total. The highest BCUT2D eigenvalue weighted by Crippen LogP contribution is 2.30. The van der Waals surface area contributed by atoms with Crippen LogP contribution in [0, 0.1) is 0 Å². The number of nitrogens with zero attached hydrogens (tertiary/aromatic N) is 1. The van der Waals surface area contributed by atoms with Gasteiger partial charge in [0.05, 0.1) is 20.2 Å². The molecule has 0 aliphatic carbocycles. The minimum Gasteiger partial charge on any atom is -0.330 e. The van der Waals surface area contributed by atoms with Gasteiger partial charge in [0, 0.05) is 11.8 Å². The van der Waals surface area contributed by atoms with Gasteiger partial charge in [-0.3, -0.25) is 4.79 Å². The van der Waals surface area contributed by atoms with E-state index in [9.17, 15) is 4.79 Å². The number of rotatable bonds is 4. The normalized spacial score (nSPS) is 10.5. The topological polar surface area (TPSA) is 68.0 Å². The van der Waals surface area contributed by atoms with E-state index in [0.717, 1.165) is 5.01 Å². The third-order valence-electron chi connectivity index (χ3n) is 2.34. The summed E-state index contributed by atoms with van der Waals surface area (Å²) < 4.78 is 0.655. The summed E-state index contributed by atoms with van der Waals surface area (Å²) in [4.78, 5) is 16.3. The molecule has 0 bridgehead atoms. The Morgan fingerprint density at radius 2 is 2.32 bits per heavy atom. The first kappa shape index (κ1) is 14.5. The maximum atomic E-state index is 12.0. The molecule has 7 heteroatoms. The Bertz CT molecular complexity index is 602. The van der Waals surface area contributed by atoms with Crippen molar-refractivity contribution in [2.45, 2.75) is 6.42 Å². The summed E-state index contributed by atoms with van der Waals surface area (Å²) in [6.45, 7) is 0.522. The van der Waals surface area contributed by atoms with Crippen molar-refractivity contribution in [1.29, 1.82) is 0 Å². The molecule has 0 saturated carbocycles. The van der Waals surface area contributed by atoms with Crippen molar-refractivity contribution in [3.8, 4) is 0 Å². The molecule has 1 aromatic carbocycles. The van der Waals surface area contributed by atoms with E-state index in [4.69, 9.17) is 17.3 Å². The second kappa shape index (κ2) is 6.47. The lowest BCUT2D eigenvalue weighted by molar-refractivity contribution is 0.102. The number of amides is 1. The van der Waals surface area contributed by atoms with Crippen LogP contribution in [0.15, 0.2) is 28.1 Å². The molecule has 0 aliphatic rings. The van der Waals surface area contributed by atoms with Crippen LogP contribution >= 0.6 is 38.9 Å². The highest BCUT2D eigenvalue weighted by molar-refractivity contribution is 9.10. The molecular weight excluding hydrogens is 350 g/mol. The van der Waals surface area contributed by atoms with Gasteiger partial charge in [-0.1, -0.05) is 17.7 Å². The van der Waals surface area contributed by atoms with Crippen molar-refractivity contribution in [2.24, 2.45) is 5.73 Å². The fraction of sp³-hybridized carbons (Fsp3) is 0.167. The van der Waals surface area contributed by atoms with Crippen LogP contribution in [-0.2, 0) is 6.42 Å². The van der Waals surface area contributed by atoms with Gasteiger partial charge in [-0.05, 0) is 34.6 Å². The number of thiazole rings is 1.